The van der Waals surface area contributed by atoms with Gasteiger partial charge in [-0.25, -0.2) is 0 Å². The third-order valence-corrected chi connectivity index (χ3v) is 4.66. The molecule has 106 valence electrons. The van der Waals surface area contributed by atoms with Gasteiger partial charge in [0.25, 0.3) is 0 Å². The first-order valence-corrected chi connectivity index (χ1v) is 7.69. The Bertz CT molecular complexity index is 462. The van der Waals surface area contributed by atoms with Gasteiger partial charge in [-0.05, 0) is 31.9 Å². The van der Waals surface area contributed by atoms with Crippen LogP contribution in [0.5, 0.6) is 0 Å². The van der Waals surface area contributed by atoms with Crippen LogP contribution in [0.25, 0.3) is 0 Å². The molecule has 1 aromatic rings. The van der Waals surface area contributed by atoms with E-state index >= 15 is 0 Å². The normalized spacial score (nSPS) is 15.6. The van der Waals surface area contributed by atoms with Crippen molar-refractivity contribution in [2.24, 2.45) is 0 Å². The van der Waals surface area contributed by atoms with Gasteiger partial charge in [0.05, 0.1) is 12.6 Å². The zero-order valence-corrected chi connectivity index (χ0v) is 12.4. The lowest BCUT2D eigenvalue weighted by Gasteiger charge is -2.19. The molecular weight excluding hydrogens is 262 g/mol. The van der Waals surface area contributed by atoms with Crippen LogP contribution in [0.4, 0.5) is 0 Å². The molecule has 0 saturated carbocycles. The summed E-state index contributed by atoms with van der Waals surface area (Å²) in [6, 6.07) is 7.72. The Morgan fingerprint density at radius 3 is 2.58 bits per heavy atom. The minimum absolute atomic E-state index is 0.123. The number of hydrogen-bond acceptors (Lipinski definition) is 3. The Morgan fingerprint density at radius 2 is 2.00 bits per heavy atom. The van der Waals surface area contributed by atoms with Gasteiger partial charge < -0.3 is 10.4 Å². The van der Waals surface area contributed by atoms with E-state index in [-0.39, 0.29) is 24.3 Å². The second kappa shape index (κ2) is 7.40. The molecule has 4 nitrogen and oxygen atoms in total. The smallest absolute Gasteiger partial charge is 0.235 e. The van der Waals surface area contributed by atoms with Crippen molar-refractivity contribution in [1.29, 1.82) is 0 Å². The summed E-state index contributed by atoms with van der Waals surface area (Å²) in [5.41, 5.74) is 2.16. The molecule has 0 aromatic heterocycles. The molecule has 0 heterocycles. The summed E-state index contributed by atoms with van der Waals surface area (Å²) in [5.74, 6) is -0.115. The number of hydrogen-bond donors (Lipinski definition) is 2. The van der Waals surface area contributed by atoms with E-state index in [1.165, 1.54) is 0 Å². The molecule has 0 bridgehead atoms. The van der Waals surface area contributed by atoms with Gasteiger partial charge in [0.15, 0.2) is 0 Å². The van der Waals surface area contributed by atoms with E-state index in [0.717, 1.165) is 11.1 Å². The molecule has 1 rings (SSSR count). The summed E-state index contributed by atoms with van der Waals surface area (Å²) in [7, 11) is -1.34. The van der Waals surface area contributed by atoms with E-state index in [9.17, 15) is 9.00 Å². The van der Waals surface area contributed by atoms with Crippen LogP contribution >= 0.6 is 0 Å². The molecule has 0 aliphatic rings. The van der Waals surface area contributed by atoms with E-state index in [0.29, 0.717) is 0 Å². The summed E-state index contributed by atoms with van der Waals surface area (Å²) >= 11 is 0. The van der Waals surface area contributed by atoms with Crippen molar-refractivity contribution in [2.45, 2.75) is 32.1 Å². The molecule has 1 amide bonds. The first kappa shape index (κ1) is 15.9. The second-order valence-corrected chi connectivity index (χ2v) is 6.41. The van der Waals surface area contributed by atoms with Gasteiger partial charge in [-0.2, -0.15) is 0 Å². The van der Waals surface area contributed by atoms with Crippen molar-refractivity contribution >= 4 is 16.7 Å². The van der Waals surface area contributed by atoms with Crippen molar-refractivity contribution < 1.29 is 14.1 Å². The number of aryl methyl sites for hydroxylation is 1. The number of aliphatic hydroxyl groups is 1. The number of carbonyl (C=O) groups excluding carboxylic acids is 1. The molecule has 0 aliphatic heterocycles. The van der Waals surface area contributed by atoms with Crippen LogP contribution in [0, 0.1) is 6.92 Å². The lowest BCUT2D eigenvalue weighted by molar-refractivity contribution is -0.121. The number of nitrogens with one attached hydrogen (secondary N) is 1. The summed E-state index contributed by atoms with van der Waals surface area (Å²) in [4.78, 5) is 12.0. The Morgan fingerprint density at radius 1 is 1.37 bits per heavy atom. The molecule has 0 radical (unpaired) electrons. The molecule has 0 saturated heterocycles. The van der Waals surface area contributed by atoms with Crippen LogP contribution in [0.15, 0.2) is 24.3 Å². The van der Waals surface area contributed by atoms with Crippen LogP contribution in [-0.4, -0.2) is 32.8 Å². The highest BCUT2D eigenvalue weighted by Crippen LogP contribution is 2.16. The van der Waals surface area contributed by atoms with Crippen molar-refractivity contribution in [3.8, 4) is 0 Å². The van der Waals surface area contributed by atoms with Crippen molar-refractivity contribution in [3.63, 3.8) is 0 Å². The largest absolute Gasteiger partial charge is 0.395 e. The lowest BCUT2D eigenvalue weighted by atomic mass is 10.0. The molecule has 0 fully saturated rings. The summed E-state index contributed by atoms with van der Waals surface area (Å²) in [6.07, 6.45) is 0. The van der Waals surface area contributed by atoms with Gasteiger partial charge in [0, 0.05) is 16.6 Å². The Kier molecular flexibility index (Phi) is 6.18. The third kappa shape index (κ3) is 4.44. The van der Waals surface area contributed by atoms with E-state index < -0.39 is 16.0 Å². The zero-order valence-electron chi connectivity index (χ0n) is 11.6. The predicted octanol–water partition coefficient (Wildman–Crippen LogP) is 1.30. The summed E-state index contributed by atoms with van der Waals surface area (Å²) < 4.78 is 11.7. The average molecular weight is 283 g/mol. The van der Waals surface area contributed by atoms with E-state index in [4.69, 9.17) is 5.11 Å². The maximum Gasteiger partial charge on any atom is 0.235 e. The highest BCUT2D eigenvalue weighted by molar-refractivity contribution is 7.86. The second-order valence-electron chi connectivity index (χ2n) is 4.54. The van der Waals surface area contributed by atoms with Crippen LogP contribution in [0.2, 0.25) is 0 Å². The molecule has 3 unspecified atom stereocenters. The fourth-order valence-electron chi connectivity index (χ4n) is 1.87. The van der Waals surface area contributed by atoms with Gasteiger partial charge in [-0.3, -0.25) is 9.00 Å². The molecule has 3 atom stereocenters. The van der Waals surface area contributed by atoms with E-state index in [1.807, 2.05) is 38.1 Å². The molecule has 0 spiro atoms. The Labute approximate surface area is 116 Å². The van der Waals surface area contributed by atoms with E-state index in [1.54, 1.807) is 6.92 Å². The highest BCUT2D eigenvalue weighted by Gasteiger charge is 2.21. The maximum absolute atomic E-state index is 12.0. The van der Waals surface area contributed by atoms with Crippen molar-refractivity contribution in [2.75, 3.05) is 12.4 Å². The molecule has 19 heavy (non-hydrogen) atoms. The van der Waals surface area contributed by atoms with Gasteiger partial charge in [-0.15, -0.1) is 0 Å². The van der Waals surface area contributed by atoms with Crippen LogP contribution in [0.3, 0.4) is 0 Å². The van der Waals surface area contributed by atoms with E-state index in [2.05, 4.69) is 5.32 Å². The Balaban J connectivity index is 2.67. The van der Waals surface area contributed by atoms with Crippen molar-refractivity contribution in [3.05, 3.63) is 35.4 Å². The average Bonchev–Trinajstić information content (AvgIpc) is 2.38. The van der Waals surface area contributed by atoms with Gasteiger partial charge >= 0.3 is 0 Å². The van der Waals surface area contributed by atoms with Gasteiger partial charge in [0.1, 0.15) is 5.25 Å². The Hall–Kier alpha value is -1.20. The fourth-order valence-corrected chi connectivity index (χ4v) is 2.71. The molecule has 5 heteroatoms. The van der Waals surface area contributed by atoms with Crippen LogP contribution in [0.1, 0.15) is 31.0 Å². The first-order valence-electron chi connectivity index (χ1n) is 6.31. The first-order chi connectivity index (χ1) is 8.97. The summed E-state index contributed by atoms with van der Waals surface area (Å²) in [5, 5.41) is 11.0. The number of aliphatic hydroxyl groups excluding tert-OH is 1. The lowest BCUT2D eigenvalue weighted by Crippen LogP contribution is -2.38. The highest BCUT2D eigenvalue weighted by atomic mass is 32.2. The third-order valence-electron chi connectivity index (χ3n) is 3.07. The minimum atomic E-state index is -1.34. The quantitative estimate of drug-likeness (QED) is 0.827. The zero-order chi connectivity index (χ0) is 14.4. The number of carbonyl (C=O) groups is 1. The fraction of sp³-hybridized carbons (Fsp3) is 0.500. The molecule has 0 aliphatic carbocycles. The van der Waals surface area contributed by atoms with Gasteiger partial charge in [-0.1, -0.05) is 24.3 Å². The maximum atomic E-state index is 12.0. The van der Waals surface area contributed by atoms with Crippen LogP contribution < -0.4 is 5.32 Å². The number of rotatable bonds is 6. The van der Waals surface area contributed by atoms with Crippen molar-refractivity contribution in [1.82, 2.24) is 5.32 Å². The predicted molar refractivity (Wildman–Crippen MR) is 77.3 cm³/mol. The van der Waals surface area contributed by atoms with Crippen LogP contribution in [-0.2, 0) is 15.6 Å². The SMILES string of the molecule is Cc1ccccc1C(C)NC(=O)C(C)S(=O)CCO. The minimum Gasteiger partial charge on any atom is -0.395 e. The molecule has 2 N–H and O–H groups in total. The monoisotopic (exact) mass is 283 g/mol. The van der Waals surface area contributed by atoms with Gasteiger partial charge in [0.2, 0.25) is 5.91 Å². The topological polar surface area (TPSA) is 66.4 Å². The summed E-state index contributed by atoms with van der Waals surface area (Å²) in [6.45, 7) is 5.34. The number of amides is 1. The number of benzene rings is 1. The molecule has 1 aromatic carbocycles. The molecular formula is C14H21NO3S. The standard InChI is InChI=1S/C14H21NO3S/c1-10-6-4-5-7-13(10)11(2)15-14(17)12(3)19(18)9-8-16/h4-7,11-12,16H,8-9H2,1-3H3,(H,15,17).